The van der Waals surface area contributed by atoms with E-state index < -0.39 is 0 Å². The van der Waals surface area contributed by atoms with E-state index in [-0.39, 0.29) is 11.5 Å². The van der Waals surface area contributed by atoms with Crippen LogP contribution in [-0.4, -0.2) is 37.8 Å². The molecule has 1 saturated heterocycles. The lowest BCUT2D eigenvalue weighted by molar-refractivity contribution is 0.0821. The third-order valence-electron chi connectivity index (χ3n) is 3.46. The molecule has 2 rings (SSSR count). The van der Waals surface area contributed by atoms with Crippen molar-refractivity contribution in [3.05, 3.63) is 10.6 Å². The fourth-order valence-corrected chi connectivity index (χ4v) is 3.83. The summed E-state index contributed by atoms with van der Waals surface area (Å²) in [6.07, 6.45) is 1.36. The van der Waals surface area contributed by atoms with E-state index in [2.05, 4.69) is 37.9 Å². The van der Waals surface area contributed by atoms with Crippen LogP contribution in [0.15, 0.2) is 0 Å². The van der Waals surface area contributed by atoms with Gasteiger partial charge in [0.2, 0.25) is 0 Å². The molecule has 1 aromatic heterocycles. The minimum absolute atomic E-state index is 0.0922. The number of ether oxygens (including phenoxy) is 1. The minimum atomic E-state index is 0.0922. The SMILES string of the molecule is CNCc1sc(N2CCCOC(C)C2)nc1C(C)(C)C. The molecular formula is C15H27N3OS. The summed E-state index contributed by atoms with van der Waals surface area (Å²) in [5.41, 5.74) is 1.32. The van der Waals surface area contributed by atoms with E-state index in [1.165, 1.54) is 10.6 Å². The Morgan fingerprint density at radius 3 is 2.85 bits per heavy atom. The van der Waals surface area contributed by atoms with Crippen LogP contribution in [0.1, 0.15) is 44.7 Å². The van der Waals surface area contributed by atoms with E-state index >= 15 is 0 Å². The normalized spacial score (nSPS) is 21.1. The van der Waals surface area contributed by atoms with Crippen molar-refractivity contribution in [3.63, 3.8) is 0 Å². The molecule has 0 aliphatic carbocycles. The van der Waals surface area contributed by atoms with Crippen LogP contribution in [0.5, 0.6) is 0 Å². The Bertz CT molecular complexity index is 439. The summed E-state index contributed by atoms with van der Waals surface area (Å²) in [6.45, 7) is 12.6. The Labute approximate surface area is 126 Å². The molecule has 20 heavy (non-hydrogen) atoms. The quantitative estimate of drug-likeness (QED) is 0.931. The molecule has 0 saturated carbocycles. The molecule has 1 aromatic rings. The summed E-state index contributed by atoms with van der Waals surface area (Å²) in [4.78, 5) is 8.69. The van der Waals surface area contributed by atoms with Crippen LogP contribution in [0.2, 0.25) is 0 Å². The molecule has 1 unspecified atom stereocenters. The fraction of sp³-hybridized carbons (Fsp3) is 0.800. The van der Waals surface area contributed by atoms with Gasteiger partial charge in [0.1, 0.15) is 0 Å². The van der Waals surface area contributed by atoms with Crippen LogP contribution in [0.25, 0.3) is 0 Å². The second-order valence-electron chi connectivity index (χ2n) is 6.53. The van der Waals surface area contributed by atoms with Gasteiger partial charge in [-0.25, -0.2) is 4.98 Å². The van der Waals surface area contributed by atoms with Crippen LogP contribution in [0.4, 0.5) is 5.13 Å². The molecule has 1 fully saturated rings. The Kier molecular flexibility index (Phi) is 5.04. The lowest BCUT2D eigenvalue weighted by Gasteiger charge is -2.21. The van der Waals surface area contributed by atoms with E-state index in [9.17, 15) is 0 Å². The number of anilines is 1. The van der Waals surface area contributed by atoms with Crippen LogP contribution < -0.4 is 10.2 Å². The molecule has 5 heteroatoms. The molecule has 0 aromatic carbocycles. The molecule has 114 valence electrons. The summed E-state index contributed by atoms with van der Waals surface area (Å²) in [5.74, 6) is 0. The molecule has 0 bridgehead atoms. The maximum Gasteiger partial charge on any atom is 0.185 e. The second kappa shape index (κ2) is 6.41. The highest BCUT2D eigenvalue weighted by atomic mass is 32.1. The number of thiazole rings is 1. The standard InChI is InChI=1S/C15H27N3OS/c1-11-10-18(7-6-8-19-11)14-17-13(15(2,3)4)12(20-14)9-16-5/h11,16H,6-10H2,1-5H3. The Morgan fingerprint density at radius 2 is 2.20 bits per heavy atom. The summed E-state index contributed by atoms with van der Waals surface area (Å²) >= 11 is 1.83. The lowest BCUT2D eigenvalue weighted by Crippen LogP contribution is -2.30. The lowest BCUT2D eigenvalue weighted by atomic mass is 9.91. The predicted molar refractivity (Wildman–Crippen MR) is 85.8 cm³/mol. The van der Waals surface area contributed by atoms with Crippen LogP contribution in [0, 0.1) is 0 Å². The molecule has 1 aliphatic rings. The summed E-state index contributed by atoms with van der Waals surface area (Å²) in [5, 5.41) is 4.41. The molecule has 1 aliphatic heterocycles. The highest BCUT2D eigenvalue weighted by molar-refractivity contribution is 7.15. The summed E-state index contributed by atoms with van der Waals surface area (Å²) in [7, 11) is 1.99. The molecular weight excluding hydrogens is 270 g/mol. The number of nitrogens with one attached hydrogen (secondary N) is 1. The van der Waals surface area contributed by atoms with E-state index in [0.29, 0.717) is 0 Å². The summed E-state index contributed by atoms with van der Waals surface area (Å²) < 4.78 is 5.73. The van der Waals surface area contributed by atoms with Gasteiger partial charge in [0.15, 0.2) is 5.13 Å². The monoisotopic (exact) mass is 297 g/mol. The molecule has 1 N–H and O–H groups in total. The van der Waals surface area contributed by atoms with Crippen molar-refractivity contribution in [2.24, 2.45) is 0 Å². The first kappa shape index (κ1) is 15.7. The van der Waals surface area contributed by atoms with Crippen LogP contribution in [0.3, 0.4) is 0 Å². The Hall–Kier alpha value is -0.650. The van der Waals surface area contributed by atoms with Crippen LogP contribution >= 0.6 is 11.3 Å². The van der Waals surface area contributed by atoms with Gasteiger partial charge in [-0.2, -0.15) is 0 Å². The van der Waals surface area contributed by atoms with Crippen molar-refractivity contribution < 1.29 is 4.74 Å². The number of nitrogens with zero attached hydrogens (tertiary/aromatic N) is 2. The molecule has 4 nitrogen and oxygen atoms in total. The number of hydrogen-bond acceptors (Lipinski definition) is 5. The van der Waals surface area contributed by atoms with Crippen molar-refractivity contribution in [1.82, 2.24) is 10.3 Å². The largest absolute Gasteiger partial charge is 0.377 e. The van der Waals surface area contributed by atoms with Crippen molar-refractivity contribution in [2.75, 3.05) is 31.6 Å². The van der Waals surface area contributed by atoms with Gasteiger partial charge in [0.05, 0.1) is 11.8 Å². The molecule has 0 radical (unpaired) electrons. The molecule has 0 amide bonds. The Balaban J connectivity index is 2.27. The van der Waals surface area contributed by atoms with Gasteiger partial charge in [-0.05, 0) is 20.4 Å². The first-order chi connectivity index (χ1) is 9.41. The van der Waals surface area contributed by atoms with Crippen molar-refractivity contribution >= 4 is 16.5 Å². The van der Waals surface area contributed by atoms with Crippen molar-refractivity contribution in [2.45, 2.75) is 52.2 Å². The van der Waals surface area contributed by atoms with Gasteiger partial charge in [-0.1, -0.05) is 20.8 Å². The van der Waals surface area contributed by atoms with Crippen molar-refractivity contribution in [3.8, 4) is 0 Å². The number of aromatic nitrogens is 1. The number of hydrogen-bond donors (Lipinski definition) is 1. The average molecular weight is 297 g/mol. The smallest absolute Gasteiger partial charge is 0.185 e. The second-order valence-corrected chi connectivity index (χ2v) is 7.59. The van der Waals surface area contributed by atoms with Gasteiger partial charge in [0.25, 0.3) is 0 Å². The van der Waals surface area contributed by atoms with E-state index in [1.807, 2.05) is 18.4 Å². The van der Waals surface area contributed by atoms with Gasteiger partial charge in [-0.3, -0.25) is 0 Å². The zero-order valence-corrected chi connectivity index (χ0v) is 14.1. The van der Waals surface area contributed by atoms with Gasteiger partial charge in [0, 0.05) is 36.5 Å². The zero-order valence-electron chi connectivity index (χ0n) is 13.3. The minimum Gasteiger partial charge on any atom is -0.377 e. The maximum atomic E-state index is 5.73. The third kappa shape index (κ3) is 3.71. The Morgan fingerprint density at radius 1 is 1.45 bits per heavy atom. The summed E-state index contributed by atoms with van der Waals surface area (Å²) in [6, 6.07) is 0. The van der Waals surface area contributed by atoms with Crippen molar-refractivity contribution in [1.29, 1.82) is 0 Å². The van der Waals surface area contributed by atoms with Gasteiger partial charge in [-0.15, -0.1) is 11.3 Å². The fourth-order valence-electron chi connectivity index (χ4n) is 2.51. The van der Waals surface area contributed by atoms with E-state index in [4.69, 9.17) is 9.72 Å². The van der Waals surface area contributed by atoms with Gasteiger partial charge < -0.3 is 15.0 Å². The highest BCUT2D eigenvalue weighted by Crippen LogP contribution is 2.34. The first-order valence-electron chi connectivity index (χ1n) is 7.43. The third-order valence-corrected chi connectivity index (χ3v) is 4.57. The topological polar surface area (TPSA) is 37.4 Å². The zero-order chi connectivity index (χ0) is 14.8. The first-order valence-corrected chi connectivity index (χ1v) is 8.25. The highest BCUT2D eigenvalue weighted by Gasteiger charge is 2.26. The number of rotatable bonds is 3. The predicted octanol–water partition coefficient (Wildman–Crippen LogP) is 2.78. The molecule has 0 spiro atoms. The average Bonchev–Trinajstić information content (AvgIpc) is 2.66. The van der Waals surface area contributed by atoms with E-state index in [0.717, 1.165) is 37.8 Å². The maximum absolute atomic E-state index is 5.73. The van der Waals surface area contributed by atoms with Crippen LogP contribution in [-0.2, 0) is 16.7 Å². The van der Waals surface area contributed by atoms with E-state index in [1.54, 1.807) is 0 Å². The molecule has 2 heterocycles. The molecule has 1 atom stereocenters. The van der Waals surface area contributed by atoms with Gasteiger partial charge >= 0.3 is 0 Å².